The lowest BCUT2D eigenvalue weighted by Gasteiger charge is -2.31. The molecule has 0 aliphatic carbocycles. The average Bonchev–Trinajstić information content (AvgIpc) is 3.08. The van der Waals surface area contributed by atoms with E-state index in [4.69, 9.17) is 4.98 Å². The maximum absolute atomic E-state index is 12.8. The Morgan fingerprint density at radius 2 is 2.12 bits per heavy atom. The summed E-state index contributed by atoms with van der Waals surface area (Å²) < 4.78 is 2.35. The number of fused-ring (bicyclic) bond motifs is 1. The first kappa shape index (κ1) is 16.7. The summed E-state index contributed by atoms with van der Waals surface area (Å²) in [5.74, 6) is -0.177. The van der Waals surface area contributed by atoms with Gasteiger partial charge in [0.15, 0.2) is 0 Å². The lowest BCUT2D eigenvalue weighted by molar-refractivity contribution is 0.0704. The normalized spacial score (nSPS) is 17.6. The molecule has 1 fully saturated rings. The second-order valence-corrected chi connectivity index (χ2v) is 7.59. The van der Waals surface area contributed by atoms with Crippen LogP contribution in [0, 0.1) is 0 Å². The molecule has 7 nitrogen and oxygen atoms in total. The number of aromatic amines is 1. The number of para-hydroxylation sites is 1. The first-order valence-corrected chi connectivity index (χ1v) is 9.29. The van der Waals surface area contributed by atoms with Crippen molar-refractivity contribution in [1.29, 1.82) is 0 Å². The Balaban J connectivity index is 1.60. The molecule has 134 valence electrons. The van der Waals surface area contributed by atoms with Crippen LogP contribution in [0.1, 0.15) is 34.1 Å². The van der Waals surface area contributed by atoms with E-state index in [-0.39, 0.29) is 17.4 Å². The number of thiazole rings is 1. The van der Waals surface area contributed by atoms with Crippen LogP contribution in [-0.2, 0) is 7.05 Å². The van der Waals surface area contributed by atoms with Crippen molar-refractivity contribution in [3.05, 3.63) is 61.9 Å². The van der Waals surface area contributed by atoms with Gasteiger partial charge in [-0.2, -0.15) is 0 Å². The SMILES string of the molecule is Cn1cc(C(=O)N2CCC[C@@H](c3nc4ccccc4s3)C2)c(=O)[nH]c1=O. The largest absolute Gasteiger partial charge is 0.338 e. The van der Waals surface area contributed by atoms with Crippen LogP contribution in [0.25, 0.3) is 10.2 Å². The highest BCUT2D eigenvalue weighted by atomic mass is 32.1. The lowest BCUT2D eigenvalue weighted by atomic mass is 9.98. The molecule has 0 bridgehead atoms. The molecule has 1 N–H and O–H groups in total. The summed E-state index contributed by atoms with van der Waals surface area (Å²) in [6.45, 7) is 1.13. The molecule has 1 saturated heterocycles. The third-order valence-corrected chi connectivity index (χ3v) is 5.91. The van der Waals surface area contributed by atoms with E-state index in [9.17, 15) is 14.4 Å². The molecule has 0 radical (unpaired) electrons. The minimum absolute atomic E-state index is 0.00273. The molecule has 0 unspecified atom stereocenters. The Labute approximate surface area is 152 Å². The van der Waals surface area contributed by atoms with Crippen LogP contribution in [0.3, 0.4) is 0 Å². The van der Waals surface area contributed by atoms with Crippen molar-refractivity contribution in [2.75, 3.05) is 13.1 Å². The van der Waals surface area contributed by atoms with Gasteiger partial charge in [-0.1, -0.05) is 12.1 Å². The molecule has 1 atom stereocenters. The number of piperidine rings is 1. The first-order chi connectivity index (χ1) is 12.5. The van der Waals surface area contributed by atoms with Crippen molar-refractivity contribution >= 4 is 27.5 Å². The van der Waals surface area contributed by atoms with Crippen molar-refractivity contribution in [2.24, 2.45) is 7.05 Å². The highest BCUT2D eigenvalue weighted by Gasteiger charge is 2.28. The number of benzene rings is 1. The van der Waals surface area contributed by atoms with Crippen molar-refractivity contribution in [3.63, 3.8) is 0 Å². The van der Waals surface area contributed by atoms with Crippen LogP contribution in [0.15, 0.2) is 40.1 Å². The maximum Gasteiger partial charge on any atom is 0.328 e. The summed E-state index contributed by atoms with van der Waals surface area (Å²) in [4.78, 5) is 44.9. The molecule has 0 saturated carbocycles. The molecular weight excluding hydrogens is 352 g/mol. The summed E-state index contributed by atoms with van der Waals surface area (Å²) in [5.41, 5.74) is -0.194. The van der Waals surface area contributed by atoms with Crippen LogP contribution in [0.4, 0.5) is 0 Å². The molecule has 1 aromatic carbocycles. The highest BCUT2D eigenvalue weighted by Crippen LogP contribution is 2.33. The number of H-pyrrole nitrogens is 1. The fourth-order valence-corrected chi connectivity index (χ4v) is 4.41. The Bertz CT molecular complexity index is 1060. The van der Waals surface area contributed by atoms with E-state index in [0.717, 1.165) is 28.1 Å². The predicted molar refractivity (Wildman–Crippen MR) is 99.8 cm³/mol. The first-order valence-electron chi connectivity index (χ1n) is 8.47. The van der Waals surface area contributed by atoms with Gasteiger partial charge < -0.3 is 9.47 Å². The number of nitrogens with zero attached hydrogens (tertiary/aromatic N) is 3. The van der Waals surface area contributed by atoms with Gasteiger partial charge in [0, 0.05) is 32.3 Å². The standard InChI is InChI=1S/C18H18N4O3S/c1-21-10-12(15(23)20-18(21)25)17(24)22-8-4-5-11(9-22)16-19-13-6-2-3-7-14(13)26-16/h2-3,6-7,10-11H,4-5,8-9H2,1H3,(H,20,23,25)/t11-/m1/s1. The van der Waals surface area contributed by atoms with E-state index in [2.05, 4.69) is 4.98 Å². The number of rotatable bonds is 2. The summed E-state index contributed by atoms with van der Waals surface area (Å²) in [6, 6.07) is 8.00. The van der Waals surface area contributed by atoms with Gasteiger partial charge in [-0.05, 0) is 25.0 Å². The van der Waals surface area contributed by atoms with E-state index in [0.29, 0.717) is 13.1 Å². The number of aryl methyl sites for hydroxylation is 1. The maximum atomic E-state index is 12.8. The number of aromatic nitrogens is 3. The zero-order chi connectivity index (χ0) is 18.3. The predicted octanol–water partition coefficient (Wildman–Crippen LogP) is 1.70. The van der Waals surface area contributed by atoms with Crippen molar-refractivity contribution in [1.82, 2.24) is 19.4 Å². The van der Waals surface area contributed by atoms with Crippen molar-refractivity contribution < 1.29 is 4.79 Å². The Morgan fingerprint density at radius 1 is 1.31 bits per heavy atom. The number of hydrogen-bond donors (Lipinski definition) is 1. The number of likely N-dealkylation sites (tertiary alicyclic amines) is 1. The van der Waals surface area contributed by atoms with Crippen molar-refractivity contribution in [2.45, 2.75) is 18.8 Å². The van der Waals surface area contributed by atoms with Gasteiger partial charge >= 0.3 is 5.69 Å². The van der Waals surface area contributed by atoms with Crippen LogP contribution in [0.5, 0.6) is 0 Å². The monoisotopic (exact) mass is 370 g/mol. The van der Waals surface area contributed by atoms with Gasteiger partial charge in [0.2, 0.25) is 0 Å². The number of carbonyl (C=O) groups is 1. The van der Waals surface area contributed by atoms with E-state index in [1.54, 1.807) is 16.2 Å². The zero-order valence-corrected chi connectivity index (χ0v) is 15.1. The second kappa shape index (κ2) is 6.53. The van der Waals surface area contributed by atoms with Gasteiger partial charge in [0.25, 0.3) is 11.5 Å². The van der Waals surface area contributed by atoms with Gasteiger partial charge in [0.1, 0.15) is 5.56 Å². The topological polar surface area (TPSA) is 88.1 Å². The summed E-state index contributed by atoms with van der Waals surface area (Å²) in [7, 11) is 1.51. The van der Waals surface area contributed by atoms with E-state index in [1.807, 2.05) is 24.3 Å². The minimum atomic E-state index is -0.639. The van der Waals surface area contributed by atoms with Crippen LogP contribution in [0.2, 0.25) is 0 Å². The van der Waals surface area contributed by atoms with Gasteiger partial charge in [-0.3, -0.25) is 14.6 Å². The van der Waals surface area contributed by atoms with Gasteiger partial charge in [-0.15, -0.1) is 11.3 Å². The van der Waals surface area contributed by atoms with E-state index < -0.39 is 11.2 Å². The third kappa shape index (κ3) is 2.96. The molecule has 3 aromatic rings. The third-order valence-electron chi connectivity index (χ3n) is 4.71. The summed E-state index contributed by atoms with van der Waals surface area (Å²) in [6.07, 6.45) is 3.13. The Kier molecular flexibility index (Phi) is 4.20. The zero-order valence-electron chi connectivity index (χ0n) is 14.3. The molecule has 2 aromatic heterocycles. The molecule has 1 aliphatic rings. The number of carbonyl (C=O) groups excluding carboxylic acids is 1. The summed E-state index contributed by atoms with van der Waals surface area (Å²) in [5, 5.41) is 1.03. The Morgan fingerprint density at radius 3 is 2.92 bits per heavy atom. The van der Waals surface area contributed by atoms with Gasteiger partial charge in [-0.25, -0.2) is 9.78 Å². The minimum Gasteiger partial charge on any atom is -0.338 e. The fourth-order valence-electron chi connectivity index (χ4n) is 3.31. The van der Waals surface area contributed by atoms with Crippen molar-refractivity contribution in [3.8, 4) is 0 Å². The number of amides is 1. The van der Waals surface area contributed by atoms with Gasteiger partial charge in [0.05, 0.1) is 15.2 Å². The molecule has 4 rings (SSSR count). The second-order valence-electron chi connectivity index (χ2n) is 6.52. The van der Waals surface area contributed by atoms with E-state index in [1.165, 1.54) is 17.8 Å². The van der Waals surface area contributed by atoms with Crippen LogP contribution >= 0.6 is 11.3 Å². The smallest absolute Gasteiger partial charge is 0.328 e. The molecule has 8 heteroatoms. The molecule has 26 heavy (non-hydrogen) atoms. The molecule has 1 amide bonds. The van der Waals surface area contributed by atoms with Crippen LogP contribution < -0.4 is 11.2 Å². The van der Waals surface area contributed by atoms with E-state index >= 15 is 0 Å². The highest BCUT2D eigenvalue weighted by molar-refractivity contribution is 7.18. The number of hydrogen-bond acceptors (Lipinski definition) is 5. The fraction of sp³-hybridized carbons (Fsp3) is 0.333. The summed E-state index contributed by atoms with van der Waals surface area (Å²) >= 11 is 1.66. The quantitative estimate of drug-likeness (QED) is 0.744. The number of nitrogens with one attached hydrogen (secondary N) is 1. The Hall–Kier alpha value is -2.74. The van der Waals surface area contributed by atoms with Crippen LogP contribution in [-0.4, -0.2) is 38.4 Å². The lowest BCUT2D eigenvalue weighted by Crippen LogP contribution is -2.42. The molecule has 1 aliphatic heterocycles. The molecule has 0 spiro atoms. The average molecular weight is 370 g/mol. The molecular formula is C18H18N4O3S. The molecule has 3 heterocycles.